The van der Waals surface area contributed by atoms with Crippen LogP contribution in [0.15, 0.2) is 24.3 Å². The molecule has 2 nitrogen and oxygen atoms in total. The SMILES string of the molecule is CCC(C)CC(C)(CC(O)O)c1ccc(C(C)(C)C)cc1. The highest BCUT2D eigenvalue weighted by Crippen LogP contribution is 2.37. The van der Waals surface area contributed by atoms with E-state index in [-0.39, 0.29) is 10.8 Å². The van der Waals surface area contributed by atoms with E-state index in [0.29, 0.717) is 12.3 Å². The molecule has 2 unspecified atom stereocenters. The van der Waals surface area contributed by atoms with Crippen molar-refractivity contribution in [3.8, 4) is 0 Å². The van der Waals surface area contributed by atoms with E-state index in [1.54, 1.807) is 0 Å². The van der Waals surface area contributed by atoms with Crippen molar-refractivity contribution in [3.63, 3.8) is 0 Å². The summed E-state index contributed by atoms with van der Waals surface area (Å²) >= 11 is 0. The van der Waals surface area contributed by atoms with E-state index in [1.807, 2.05) is 0 Å². The Morgan fingerprint density at radius 3 is 1.76 bits per heavy atom. The van der Waals surface area contributed by atoms with Gasteiger partial charge in [0.1, 0.15) is 0 Å². The quantitative estimate of drug-likeness (QED) is 0.764. The molecule has 2 N–H and O–H groups in total. The second-order valence-electron chi connectivity index (χ2n) is 7.79. The second-order valence-corrected chi connectivity index (χ2v) is 7.79. The van der Waals surface area contributed by atoms with Crippen molar-refractivity contribution in [3.05, 3.63) is 35.4 Å². The summed E-state index contributed by atoms with van der Waals surface area (Å²) in [6, 6.07) is 8.67. The molecule has 0 aliphatic rings. The van der Waals surface area contributed by atoms with Gasteiger partial charge in [0, 0.05) is 6.42 Å². The van der Waals surface area contributed by atoms with E-state index < -0.39 is 6.29 Å². The molecular weight excluding hydrogens is 260 g/mol. The molecule has 0 aliphatic heterocycles. The molecule has 0 saturated heterocycles. The Morgan fingerprint density at radius 1 is 0.905 bits per heavy atom. The zero-order valence-corrected chi connectivity index (χ0v) is 14.5. The number of hydrogen-bond donors (Lipinski definition) is 2. The van der Waals surface area contributed by atoms with Crippen LogP contribution in [0.4, 0.5) is 0 Å². The Kier molecular flexibility index (Phi) is 6.01. The van der Waals surface area contributed by atoms with E-state index in [0.717, 1.165) is 12.8 Å². The highest BCUT2D eigenvalue weighted by molar-refractivity contribution is 5.32. The summed E-state index contributed by atoms with van der Waals surface area (Å²) in [5, 5.41) is 18.9. The van der Waals surface area contributed by atoms with Crippen LogP contribution in [0.1, 0.15) is 71.9 Å². The van der Waals surface area contributed by atoms with Gasteiger partial charge in [-0.2, -0.15) is 0 Å². The minimum Gasteiger partial charge on any atom is -0.368 e. The maximum absolute atomic E-state index is 9.47. The summed E-state index contributed by atoms with van der Waals surface area (Å²) in [6.07, 6.45) is 1.20. The van der Waals surface area contributed by atoms with Crippen LogP contribution in [0, 0.1) is 5.92 Å². The minimum atomic E-state index is -1.26. The first-order valence-corrected chi connectivity index (χ1v) is 8.05. The van der Waals surface area contributed by atoms with Gasteiger partial charge in [-0.3, -0.25) is 0 Å². The summed E-state index contributed by atoms with van der Waals surface area (Å²) in [7, 11) is 0. The predicted octanol–water partition coefficient (Wildman–Crippen LogP) is 4.38. The van der Waals surface area contributed by atoms with Crippen molar-refractivity contribution in [1.29, 1.82) is 0 Å². The van der Waals surface area contributed by atoms with E-state index in [4.69, 9.17) is 0 Å². The zero-order valence-electron chi connectivity index (χ0n) is 14.5. The third-order valence-corrected chi connectivity index (χ3v) is 4.58. The smallest absolute Gasteiger partial charge is 0.152 e. The summed E-state index contributed by atoms with van der Waals surface area (Å²) in [6.45, 7) is 13.2. The Morgan fingerprint density at radius 2 is 1.38 bits per heavy atom. The molecule has 0 aliphatic carbocycles. The lowest BCUT2D eigenvalue weighted by molar-refractivity contribution is -0.0612. The van der Waals surface area contributed by atoms with Crippen LogP contribution in [0.3, 0.4) is 0 Å². The topological polar surface area (TPSA) is 40.5 Å². The largest absolute Gasteiger partial charge is 0.368 e. The van der Waals surface area contributed by atoms with Crippen molar-refractivity contribution in [1.82, 2.24) is 0 Å². The van der Waals surface area contributed by atoms with E-state index in [9.17, 15) is 10.2 Å². The van der Waals surface area contributed by atoms with Gasteiger partial charge in [0.05, 0.1) is 0 Å². The Balaban J connectivity index is 3.08. The first-order chi connectivity index (χ1) is 9.58. The van der Waals surface area contributed by atoms with Crippen LogP contribution in [-0.2, 0) is 10.8 Å². The predicted molar refractivity (Wildman–Crippen MR) is 89.4 cm³/mol. The summed E-state index contributed by atoms with van der Waals surface area (Å²) < 4.78 is 0. The van der Waals surface area contributed by atoms with Gasteiger partial charge in [0.15, 0.2) is 6.29 Å². The fourth-order valence-corrected chi connectivity index (χ4v) is 3.01. The van der Waals surface area contributed by atoms with E-state index in [1.165, 1.54) is 11.1 Å². The molecule has 120 valence electrons. The van der Waals surface area contributed by atoms with Crippen molar-refractivity contribution in [2.45, 2.75) is 77.9 Å². The lowest BCUT2D eigenvalue weighted by Crippen LogP contribution is -2.30. The molecule has 0 radical (unpaired) electrons. The van der Waals surface area contributed by atoms with Crippen molar-refractivity contribution < 1.29 is 10.2 Å². The lowest BCUT2D eigenvalue weighted by atomic mass is 9.72. The van der Waals surface area contributed by atoms with Crippen LogP contribution in [0.5, 0.6) is 0 Å². The molecule has 0 saturated carbocycles. The minimum absolute atomic E-state index is 0.141. The number of aliphatic hydroxyl groups excluding tert-OH is 1. The fraction of sp³-hybridized carbons (Fsp3) is 0.684. The van der Waals surface area contributed by atoms with Crippen LogP contribution < -0.4 is 0 Å². The van der Waals surface area contributed by atoms with Gasteiger partial charge < -0.3 is 10.2 Å². The molecule has 0 spiro atoms. The lowest BCUT2D eigenvalue weighted by Gasteiger charge is -2.34. The molecule has 0 fully saturated rings. The van der Waals surface area contributed by atoms with Gasteiger partial charge in [-0.1, -0.05) is 72.2 Å². The molecule has 0 aromatic heterocycles. The molecule has 0 heterocycles. The van der Waals surface area contributed by atoms with E-state index >= 15 is 0 Å². The van der Waals surface area contributed by atoms with Crippen molar-refractivity contribution in [2.75, 3.05) is 0 Å². The fourth-order valence-electron chi connectivity index (χ4n) is 3.01. The number of benzene rings is 1. The number of rotatable bonds is 6. The molecule has 21 heavy (non-hydrogen) atoms. The zero-order chi connectivity index (χ0) is 16.3. The van der Waals surface area contributed by atoms with Gasteiger partial charge in [0.2, 0.25) is 0 Å². The monoisotopic (exact) mass is 292 g/mol. The highest BCUT2D eigenvalue weighted by atomic mass is 16.5. The van der Waals surface area contributed by atoms with Gasteiger partial charge in [-0.15, -0.1) is 0 Å². The van der Waals surface area contributed by atoms with E-state index in [2.05, 4.69) is 65.8 Å². The molecular formula is C19H32O2. The van der Waals surface area contributed by atoms with Gasteiger partial charge in [-0.05, 0) is 34.3 Å². The molecule has 1 rings (SSSR count). The number of hydrogen-bond acceptors (Lipinski definition) is 2. The maximum Gasteiger partial charge on any atom is 0.152 e. The Labute approximate surface area is 130 Å². The molecule has 2 atom stereocenters. The van der Waals surface area contributed by atoms with Crippen LogP contribution in [0.2, 0.25) is 0 Å². The number of aliphatic hydroxyl groups is 2. The average molecular weight is 292 g/mol. The molecule has 1 aromatic carbocycles. The Hall–Kier alpha value is -0.860. The van der Waals surface area contributed by atoms with Crippen molar-refractivity contribution in [2.24, 2.45) is 5.92 Å². The first-order valence-electron chi connectivity index (χ1n) is 8.05. The molecule has 2 heteroatoms. The van der Waals surface area contributed by atoms with Crippen molar-refractivity contribution >= 4 is 0 Å². The standard InChI is InChI=1S/C19H32O2/c1-7-14(2)12-19(6,13-17(20)21)16-10-8-15(9-11-16)18(3,4)5/h8-11,14,17,20-21H,7,12-13H2,1-6H3. The van der Waals surface area contributed by atoms with Gasteiger partial charge in [-0.25, -0.2) is 0 Å². The maximum atomic E-state index is 9.47. The third-order valence-electron chi connectivity index (χ3n) is 4.58. The average Bonchev–Trinajstić information content (AvgIpc) is 2.36. The highest BCUT2D eigenvalue weighted by Gasteiger charge is 2.30. The normalized spacial score (nSPS) is 16.8. The third kappa shape index (κ3) is 5.12. The van der Waals surface area contributed by atoms with Crippen LogP contribution >= 0.6 is 0 Å². The summed E-state index contributed by atoms with van der Waals surface area (Å²) in [4.78, 5) is 0. The molecule has 0 amide bonds. The van der Waals surface area contributed by atoms with Gasteiger partial charge >= 0.3 is 0 Å². The van der Waals surface area contributed by atoms with Crippen LogP contribution in [0.25, 0.3) is 0 Å². The molecule has 1 aromatic rings. The van der Waals surface area contributed by atoms with Gasteiger partial charge in [0.25, 0.3) is 0 Å². The van der Waals surface area contributed by atoms with Crippen LogP contribution in [-0.4, -0.2) is 16.5 Å². The molecule has 0 bridgehead atoms. The second kappa shape index (κ2) is 6.93. The summed E-state index contributed by atoms with van der Waals surface area (Å²) in [5.74, 6) is 0.566. The first kappa shape index (κ1) is 18.2. The summed E-state index contributed by atoms with van der Waals surface area (Å²) in [5.41, 5.74) is 2.45. The Bertz CT molecular complexity index is 428.